The van der Waals surface area contributed by atoms with Crippen LogP contribution in [0.5, 0.6) is 0 Å². The zero-order chi connectivity index (χ0) is 28.6. The molecule has 15 heteroatoms. The molecule has 2 amide bonds. The minimum absolute atomic E-state index is 0.0853. The van der Waals surface area contributed by atoms with E-state index in [9.17, 15) is 32.9 Å². The first-order chi connectivity index (χ1) is 18.3. The van der Waals surface area contributed by atoms with Crippen LogP contribution < -0.4 is 10.6 Å². The molecule has 0 unspecified atom stereocenters. The molecule has 4 rings (SSSR count). The monoisotopic (exact) mass is 580 g/mol. The van der Waals surface area contributed by atoms with Crippen molar-refractivity contribution in [3.8, 4) is 5.82 Å². The van der Waals surface area contributed by atoms with Crippen molar-refractivity contribution in [3.05, 3.63) is 85.8 Å². The van der Waals surface area contributed by atoms with Crippen LogP contribution in [-0.2, 0) is 6.18 Å². The number of nitrogens with one attached hydrogen (secondary N) is 2. The number of nitro groups is 1. The molecule has 0 aliphatic carbocycles. The number of aromatic nitrogens is 3. The SMILES string of the molecule is CC(C)NC(=O)c1cc2cccc([N+](=O)[O-])c2c(Cl)c1NC(=O)c1cc(C(F)(F)F)nn1-c1ncccc1Cl. The predicted molar refractivity (Wildman–Crippen MR) is 138 cm³/mol. The number of alkyl halides is 3. The number of nitrogens with zero attached hydrogens (tertiary/aromatic N) is 4. The van der Waals surface area contributed by atoms with E-state index in [1.807, 2.05) is 0 Å². The maximum atomic E-state index is 13.5. The third kappa shape index (κ3) is 5.49. The number of pyridine rings is 1. The molecule has 0 atom stereocenters. The van der Waals surface area contributed by atoms with Gasteiger partial charge in [-0.3, -0.25) is 19.7 Å². The Kier molecular flexibility index (Phi) is 7.48. The van der Waals surface area contributed by atoms with Crippen molar-refractivity contribution in [1.82, 2.24) is 20.1 Å². The Morgan fingerprint density at radius 3 is 2.44 bits per heavy atom. The van der Waals surface area contributed by atoms with Crippen molar-refractivity contribution < 1.29 is 27.7 Å². The smallest absolute Gasteiger partial charge is 0.350 e. The predicted octanol–water partition coefficient (Wildman–Crippen LogP) is 6.04. The fourth-order valence-corrected chi connectivity index (χ4v) is 4.29. The number of carbonyl (C=O) groups excluding carboxylic acids is 2. The zero-order valence-electron chi connectivity index (χ0n) is 20.0. The van der Waals surface area contributed by atoms with E-state index in [0.29, 0.717) is 10.7 Å². The molecule has 0 radical (unpaired) electrons. The summed E-state index contributed by atoms with van der Waals surface area (Å²) in [5.74, 6) is -2.12. The number of rotatable bonds is 6. The number of carbonyl (C=O) groups is 2. The van der Waals surface area contributed by atoms with Gasteiger partial charge in [0.25, 0.3) is 17.5 Å². The first-order valence-electron chi connectivity index (χ1n) is 11.1. The van der Waals surface area contributed by atoms with Crippen molar-refractivity contribution in [1.29, 1.82) is 0 Å². The number of benzene rings is 2. The summed E-state index contributed by atoms with van der Waals surface area (Å²) >= 11 is 12.6. The van der Waals surface area contributed by atoms with E-state index < -0.39 is 40.0 Å². The minimum Gasteiger partial charge on any atom is -0.350 e. The van der Waals surface area contributed by atoms with Gasteiger partial charge in [-0.15, -0.1) is 0 Å². The average Bonchev–Trinajstić information content (AvgIpc) is 3.31. The summed E-state index contributed by atoms with van der Waals surface area (Å²) in [5.41, 5.74) is -2.99. The standard InChI is InChI=1S/C24H17Cl2F3N6O4/c1-11(2)31-22(36)13-9-12-5-3-7-15(35(38)39)18(12)19(26)20(13)32-23(37)16-10-17(24(27,28)29)33-34(16)21-14(25)6-4-8-30-21/h3-11H,1-2H3,(H,31,36)(H,32,37). The molecule has 0 spiro atoms. The average molecular weight is 581 g/mol. The fraction of sp³-hybridized carbons (Fsp3) is 0.167. The van der Waals surface area contributed by atoms with Gasteiger partial charge in [0.1, 0.15) is 5.69 Å². The Labute approximate surface area is 227 Å². The molecule has 2 heterocycles. The van der Waals surface area contributed by atoms with E-state index in [4.69, 9.17) is 23.2 Å². The molecule has 2 aromatic heterocycles. The summed E-state index contributed by atoms with van der Waals surface area (Å²) in [4.78, 5) is 41.3. The highest BCUT2D eigenvalue weighted by atomic mass is 35.5. The maximum Gasteiger partial charge on any atom is 0.435 e. The van der Waals surface area contributed by atoms with Crippen LogP contribution in [0.4, 0.5) is 24.5 Å². The molecule has 0 bridgehead atoms. The topological polar surface area (TPSA) is 132 Å². The normalized spacial score (nSPS) is 11.6. The molecule has 10 nitrogen and oxygen atoms in total. The molecule has 0 aliphatic heterocycles. The lowest BCUT2D eigenvalue weighted by molar-refractivity contribution is -0.383. The number of halogens is 5. The number of fused-ring (bicyclic) bond motifs is 1. The first kappa shape index (κ1) is 27.8. The number of hydrogen-bond acceptors (Lipinski definition) is 6. The second kappa shape index (κ2) is 10.5. The van der Waals surface area contributed by atoms with Gasteiger partial charge in [0.2, 0.25) is 0 Å². The van der Waals surface area contributed by atoms with Gasteiger partial charge in [-0.25, -0.2) is 9.67 Å². The summed E-state index contributed by atoms with van der Waals surface area (Å²) in [5, 5.41) is 19.8. The Balaban J connectivity index is 1.92. The van der Waals surface area contributed by atoms with Crippen molar-refractivity contribution in [3.63, 3.8) is 0 Å². The lowest BCUT2D eigenvalue weighted by Gasteiger charge is -2.17. The lowest BCUT2D eigenvalue weighted by atomic mass is 10.0. The summed E-state index contributed by atoms with van der Waals surface area (Å²) in [7, 11) is 0. The second-order valence-corrected chi connectivity index (χ2v) is 9.25. The molecule has 0 aliphatic rings. The quantitative estimate of drug-likeness (QED) is 0.211. The highest BCUT2D eigenvalue weighted by Crippen LogP contribution is 2.40. The van der Waals surface area contributed by atoms with Crippen molar-refractivity contribution in [2.75, 3.05) is 5.32 Å². The van der Waals surface area contributed by atoms with Gasteiger partial charge in [-0.2, -0.15) is 18.3 Å². The zero-order valence-corrected chi connectivity index (χ0v) is 21.5. The van der Waals surface area contributed by atoms with E-state index >= 15 is 0 Å². The van der Waals surface area contributed by atoms with Crippen LogP contribution in [0.25, 0.3) is 16.6 Å². The summed E-state index contributed by atoms with van der Waals surface area (Å²) in [6.07, 6.45) is -3.68. The molecule has 202 valence electrons. The van der Waals surface area contributed by atoms with Crippen molar-refractivity contribution in [2.24, 2.45) is 0 Å². The van der Waals surface area contributed by atoms with E-state index in [1.54, 1.807) is 13.8 Å². The minimum atomic E-state index is -4.93. The van der Waals surface area contributed by atoms with Crippen LogP contribution in [0.15, 0.2) is 48.7 Å². The van der Waals surface area contributed by atoms with Crippen molar-refractivity contribution in [2.45, 2.75) is 26.1 Å². The molecule has 0 saturated heterocycles. The number of amides is 2. The Bertz CT molecular complexity index is 1640. The van der Waals surface area contributed by atoms with E-state index in [1.165, 1.54) is 42.6 Å². The van der Waals surface area contributed by atoms with Crippen LogP contribution in [0, 0.1) is 10.1 Å². The first-order valence-corrected chi connectivity index (χ1v) is 11.8. The van der Waals surface area contributed by atoms with Crippen LogP contribution in [-0.4, -0.2) is 37.5 Å². The summed E-state index contributed by atoms with van der Waals surface area (Å²) in [6, 6.07) is 8.26. The van der Waals surface area contributed by atoms with E-state index in [-0.39, 0.29) is 43.9 Å². The van der Waals surface area contributed by atoms with Gasteiger partial charge in [-0.05, 0) is 37.4 Å². The number of nitro benzene ring substituents is 1. The molecular formula is C24H17Cl2F3N6O4. The number of non-ortho nitro benzene ring substituents is 1. The summed E-state index contributed by atoms with van der Waals surface area (Å²) in [6.45, 7) is 3.36. The number of anilines is 1. The van der Waals surface area contributed by atoms with Gasteiger partial charge < -0.3 is 10.6 Å². The third-order valence-electron chi connectivity index (χ3n) is 5.35. The maximum absolute atomic E-state index is 13.5. The second-order valence-electron chi connectivity index (χ2n) is 8.46. The Hall–Kier alpha value is -4.23. The Morgan fingerprint density at radius 2 is 1.82 bits per heavy atom. The van der Waals surface area contributed by atoms with Gasteiger partial charge >= 0.3 is 6.18 Å². The molecule has 39 heavy (non-hydrogen) atoms. The third-order valence-corrected chi connectivity index (χ3v) is 6.03. The number of hydrogen-bond donors (Lipinski definition) is 2. The van der Waals surface area contributed by atoms with Crippen molar-refractivity contribution >= 4 is 57.2 Å². The van der Waals surface area contributed by atoms with Crippen LogP contribution in [0.2, 0.25) is 10.0 Å². The van der Waals surface area contributed by atoms with Gasteiger partial charge in [0.15, 0.2) is 11.5 Å². The Morgan fingerprint density at radius 1 is 1.10 bits per heavy atom. The molecule has 0 saturated carbocycles. The molecule has 2 N–H and O–H groups in total. The molecule has 2 aromatic carbocycles. The highest BCUT2D eigenvalue weighted by Gasteiger charge is 2.37. The largest absolute Gasteiger partial charge is 0.435 e. The molecule has 0 fully saturated rings. The van der Waals surface area contributed by atoms with Crippen LogP contribution in [0.1, 0.15) is 40.4 Å². The molecule has 4 aromatic rings. The summed E-state index contributed by atoms with van der Waals surface area (Å²) < 4.78 is 41.2. The van der Waals surface area contributed by atoms with Crippen LogP contribution >= 0.6 is 23.2 Å². The highest BCUT2D eigenvalue weighted by molar-refractivity contribution is 6.41. The van der Waals surface area contributed by atoms with Crippen LogP contribution in [0.3, 0.4) is 0 Å². The molecular weight excluding hydrogens is 564 g/mol. The lowest BCUT2D eigenvalue weighted by Crippen LogP contribution is -2.31. The van der Waals surface area contributed by atoms with E-state index in [2.05, 4.69) is 20.7 Å². The fourth-order valence-electron chi connectivity index (χ4n) is 3.73. The van der Waals surface area contributed by atoms with Gasteiger partial charge in [0, 0.05) is 24.4 Å². The van der Waals surface area contributed by atoms with Gasteiger partial charge in [-0.1, -0.05) is 35.3 Å². The van der Waals surface area contributed by atoms with Gasteiger partial charge in [0.05, 0.1) is 31.6 Å². The van der Waals surface area contributed by atoms with E-state index in [0.717, 1.165) is 0 Å².